The zero-order valence-corrected chi connectivity index (χ0v) is 20.9. The Bertz CT molecular complexity index is 1310. The third-order valence-electron chi connectivity index (χ3n) is 7.23. The van der Waals surface area contributed by atoms with Gasteiger partial charge in [0.15, 0.2) is 0 Å². The molecule has 1 fully saturated rings. The van der Waals surface area contributed by atoms with E-state index in [1.165, 1.54) is 21.4 Å². The van der Waals surface area contributed by atoms with Gasteiger partial charge in [0.05, 0.1) is 5.39 Å². The first-order chi connectivity index (χ1) is 17.2. The van der Waals surface area contributed by atoms with Crippen LogP contribution in [0.5, 0.6) is 0 Å². The molecule has 1 saturated heterocycles. The Morgan fingerprint density at radius 1 is 0.886 bits per heavy atom. The second-order valence-corrected chi connectivity index (χ2v) is 10.5. The molecule has 0 aliphatic carbocycles. The predicted octanol–water partition coefficient (Wildman–Crippen LogP) is 5.13. The number of thiophene rings is 1. The fourth-order valence-corrected chi connectivity index (χ4v) is 6.53. The van der Waals surface area contributed by atoms with Gasteiger partial charge in [-0.1, -0.05) is 37.3 Å². The molecule has 0 N–H and O–H groups in total. The number of anilines is 2. The van der Waals surface area contributed by atoms with Gasteiger partial charge in [-0.25, -0.2) is 14.4 Å². The average Bonchev–Trinajstić information content (AvgIpc) is 3.27. The Morgan fingerprint density at radius 2 is 1.63 bits per heavy atom. The number of likely N-dealkylation sites (N-methyl/N-ethyl adjacent to an activating group) is 1. The Kier molecular flexibility index (Phi) is 6.12. The van der Waals surface area contributed by atoms with Crippen molar-refractivity contribution in [2.75, 3.05) is 49.1 Å². The van der Waals surface area contributed by atoms with E-state index < -0.39 is 0 Å². The van der Waals surface area contributed by atoms with Crippen molar-refractivity contribution >= 4 is 33.1 Å². The van der Waals surface area contributed by atoms with E-state index >= 15 is 0 Å². The van der Waals surface area contributed by atoms with E-state index in [1.54, 1.807) is 12.1 Å². The Balaban J connectivity index is 1.34. The maximum Gasteiger partial charge on any atom is 0.141 e. The fourth-order valence-electron chi connectivity index (χ4n) is 5.26. The minimum absolute atomic E-state index is 0.189. The maximum absolute atomic E-state index is 13.4. The number of benzene rings is 2. The zero-order chi connectivity index (χ0) is 23.8. The van der Waals surface area contributed by atoms with E-state index in [0.29, 0.717) is 0 Å². The van der Waals surface area contributed by atoms with Crippen molar-refractivity contribution in [2.45, 2.75) is 26.3 Å². The van der Waals surface area contributed by atoms with Crippen LogP contribution in [0.15, 0.2) is 54.6 Å². The molecule has 0 spiro atoms. The van der Waals surface area contributed by atoms with Crippen molar-refractivity contribution in [1.82, 2.24) is 14.9 Å². The fraction of sp³-hybridized carbons (Fsp3) is 0.357. The highest BCUT2D eigenvalue weighted by Crippen LogP contribution is 2.39. The summed E-state index contributed by atoms with van der Waals surface area (Å²) in [5.74, 6) is 1.80. The molecule has 35 heavy (non-hydrogen) atoms. The van der Waals surface area contributed by atoms with Crippen LogP contribution < -0.4 is 9.80 Å². The van der Waals surface area contributed by atoms with Gasteiger partial charge in [0, 0.05) is 56.3 Å². The lowest BCUT2D eigenvalue weighted by molar-refractivity contribution is 0.272. The van der Waals surface area contributed by atoms with E-state index in [0.717, 1.165) is 80.8 Å². The summed E-state index contributed by atoms with van der Waals surface area (Å²) in [6.45, 7) is 8.98. The lowest BCUT2D eigenvalue weighted by Crippen LogP contribution is -2.47. The molecule has 2 aromatic heterocycles. The first kappa shape index (κ1) is 22.4. The van der Waals surface area contributed by atoms with Gasteiger partial charge >= 0.3 is 0 Å². The van der Waals surface area contributed by atoms with Gasteiger partial charge in [-0.15, -0.1) is 11.3 Å². The number of hydrogen-bond donors (Lipinski definition) is 0. The minimum Gasteiger partial charge on any atom is -0.368 e. The number of aromatic nitrogens is 2. The van der Waals surface area contributed by atoms with E-state index in [4.69, 9.17) is 9.97 Å². The number of rotatable bonds is 5. The molecule has 0 unspecified atom stereocenters. The summed E-state index contributed by atoms with van der Waals surface area (Å²) in [6, 6.07) is 17.3. The third kappa shape index (κ3) is 4.50. The molecule has 0 amide bonds. The quantitative estimate of drug-likeness (QED) is 0.390. The summed E-state index contributed by atoms with van der Waals surface area (Å²) >= 11 is 1.86. The van der Waals surface area contributed by atoms with Crippen molar-refractivity contribution in [3.05, 3.63) is 82.2 Å². The van der Waals surface area contributed by atoms with E-state index in [1.807, 2.05) is 29.5 Å². The summed E-state index contributed by atoms with van der Waals surface area (Å²) in [4.78, 5) is 20.1. The second kappa shape index (κ2) is 9.55. The van der Waals surface area contributed by atoms with Crippen molar-refractivity contribution < 1.29 is 4.39 Å². The van der Waals surface area contributed by atoms with Crippen molar-refractivity contribution in [3.63, 3.8) is 0 Å². The first-order valence-corrected chi connectivity index (χ1v) is 13.3. The van der Waals surface area contributed by atoms with Crippen LogP contribution in [0.4, 0.5) is 15.9 Å². The second-order valence-electron chi connectivity index (χ2n) is 9.38. The Hall–Kier alpha value is -3.03. The van der Waals surface area contributed by atoms with Crippen LogP contribution in [-0.2, 0) is 19.4 Å². The summed E-state index contributed by atoms with van der Waals surface area (Å²) in [6.07, 6.45) is 1.80. The summed E-state index contributed by atoms with van der Waals surface area (Å²) in [7, 11) is 0. The maximum atomic E-state index is 13.4. The van der Waals surface area contributed by atoms with E-state index in [-0.39, 0.29) is 5.82 Å². The van der Waals surface area contributed by atoms with Crippen LogP contribution in [-0.4, -0.2) is 54.1 Å². The molecular weight excluding hydrogens is 457 g/mol. The minimum atomic E-state index is -0.189. The highest BCUT2D eigenvalue weighted by atomic mass is 32.1. The number of hydrogen-bond acceptors (Lipinski definition) is 6. The number of nitrogens with zero attached hydrogens (tertiary/aromatic N) is 5. The van der Waals surface area contributed by atoms with Gasteiger partial charge < -0.3 is 9.80 Å². The standard InChI is InChI=1S/C28H30FN5S/c1-2-32-13-12-23-24(19-32)35-28-26(23)27(30-25(31-28)18-20-6-4-3-5-7-20)34-16-14-33(15-17-34)22-10-8-21(29)9-11-22/h3-11H,2,12-19H2,1H3. The molecule has 0 radical (unpaired) electrons. The Labute approximate surface area is 209 Å². The molecule has 2 aliphatic rings. The molecule has 0 saturated carbocycles. The highest BCUT2D eigenvalue weighted by Gasteiger charge is 2.27. The largest absolute Gasteiger partial charge is 0.368 e. The van der Waals surface area contributed by atoms with Crippen LogP contribution in [0.3, 0.4) is 0 Å². The summed E-state index contributed by atoms with van der Waals surface area (Å²) in [5, 5.41) is 1.27. The molecule has 2 aromatic carbocycles. The zero-order valence-electron chi connectivity index (χ0n) is 20.1. The van der Waals surface area contributed by atoms with Crippen molar-refractivity contribution in [1.29, 1.82) is 0 Å². The van der Waals surface area contributed by atoms with Crippen LogP contribution in [0.2, 0.25) is 0 Å². The monoisotopic (exact) mass is 487 g/mol. The Morgan fingerprint density at radius 3 is 2.37 bits per heavy atom. The number of halogens is 1. The van der Waals surface area contributed by atoms with Crippen molar-refractivity contribution in [3.8, 4) is 0 Å². The van der Waals surface area contributed by atoms with Crippen LogP contribution in [0.1, 0.15) is 28.8 Å². The van der Waals surface area contributed by atoms with Crippen LogP contribution >= 0.6 is 11.3 Å². The van der Waals surface area contributed by atoms with Crippen molar-refractivity contribution in [2.24, 2.45) is 0 Å². The lowest BCUT2D eigenvalue weighted by atomic mass is 10.0. The van der Waals surface area contributed by atoms with Gasteiger partial charge in [-0.2, -0.15) is 0 Å². The molecule has 0 atom stereocenters. The first-order valence-electron chi connectivity index (χ1n) is 12.5. The smallest absolute Gasteiger partial charge is 0.141 e. The summed E-state index contributed by atoms with van der Waals surface area (Å²) < 4.78 is 13.4. The van der Waals surface area contributed by atoms with Crippen LogP contribution in [0.25, 0.3) is 10.2 Å². The van der Waals surface area contributed by atoms with Crippen LogP contribution in [0, 0.1) is 5.82 Å². The predicted molar refractivity (Wildman–Crippen MR) is 142 cm³/mol. The lowest BCUT2D eigenvalue weighted by Gasteiger charge is -2.37. The SMILES string of the molecule is CCN1CCc2c(sc3nc(Cc4ccccc4)nc(N4CCN(c5ccc(F)cc5)CC4)c23)C1. The van der Waals surface area contributed by atoms with E-state index in [2.05, 4.69) is 45.9 Å². The molecule has 2 aliphatic heterocycles. The molecule has 6 rings (SSSR count). The molecule has 0 bridgehead atoms. The molecule has 7 heteroatoms. The summed E-state index contributed by atoms with van der Waals surface area (Å²) in [5.41, 5.74) is 3.77. The van der Waals surface area contributed by atoms with Gasteiger partial charge in [-0.3, -0.25) is 4.90 Å². The molecule has 5 nitrogen and oxygen atoms in total. The van der Waals surface area contributed by atoms with Gasteiger partial charge in [0.2, 0.25) is 0 Å². The molecule has 180 valence electrons. The number of piperazine rings is 1. The molecule has 4 aromatic rings. The highest BCUT2D eigenvalue weighted by molar-refractivity contribution is 7.19. The third-order valence-corrected chi connectivity index (χ3v) is 8.34. The average molecular weight is 488 g/mol. The normalized spacial score (nSPS) is 16.6. The number of fused-ring (bicyclic) bond motifs is 3. The molecule has 4 heterocycles. The topological polar surface area (TPSA) is 35.5 Å². The van der Waals surface area contributed by atoms with Gasteiger partial charge in [0.25, 0.3) is 0 Å². The molecular formula is C28H30FN5S. The van der Waals surface area contributed by atoms with Gasteiger partial charge in [0.1, 0.15) is 22.3 Å². The van der Waals surface area contributed by atoms with E-state index in [9.17, 15) is 4.39 Å². The van der Waals surface area contributed by atoms with Gasteiger partial charge in [-0.05, 0) is 48.4 Å².